The molecule has 31 heavy (non-hydrogen) atoms. The lowest BCUT2D eigenvalue weighted by Gasteiger charge is -2.12. The number of benzene rings is 3. The number of halogens is 4. The van der Waals surface area contributed by atoms with Crippen LogP contribution < -0.4 is 10.1 Å². The van der Waals surface area contributed by atoms with Crippen LogP contribution in [0.25, 0.3) is 11.0 Å². The summed E-state index contributed by atoms with van der Waals surface area (Å²) in [7, 11) is 0. The number of imidazole rings is 1. The summed E-state index contributed by atoms with van der Waals surface area (Å²) in [6.45, 7) is 0. The molecule has 0 aliphatic heterocycles. The molecule has 0 bridgehead atoms. The molecule has 0 saturated heterocycles. The molecule has 4 aromatic rings. The van der Waals surface area contributed by atoms with Gasteiger partial charge in [0.1, 0.15) is 11.6 Å². The Hall–Kier alpha value is -3.33. The van der Waals surface area contributed by atoms with Crippen LogP contribution in [0.5, 0.6) is 5.75 Å². The minimum Gasteiger partial charge on any atom is -0.405 e. The highest BCUT2D eigenvalue weighted by Gasteiger charge is 2.32. The van der Waals surface area contributed by atoms with Crippen LogP contribution >= 0.6 is 15.9 Å². The Morgan fingerprint density at radius 3 is 2.55 bits per heavy atom. The SMILES string of the molecule is O=C(Nc1ccc(Br)cc1)c1ccc2nc(Cc3ccccc3OC(F)(F)F)[nH]c2c1. The first-order chi connectivity index (χ1) is 14.8. The van der Waals surface area contributed by atoms with E-state index >= 15 is 0 Å². The van der Waals surface area contributed by atoms with Crippen molar-refractivity contribution in [3.05, 3.63) is 88.2 Å². The number of anilines is 1. The van der Waals surface area contributed by atoms with Gasteiger partial charge in [-0.15, -0.1) is 13.2 Å². The average Bonchev–Trinajstić information content (AvgIpc) is 3.11. The molecule has 0 aliphatic carbocycles. The molecule has 1 amide bonds. The number of carbonyl (C=O) groups is 1. The number of carbonyl (C=O) groups excluding carboxylic acids is 1. The first-order valence-corrected chi connectivity index (χ1v) is 9.95. The van der Waals surface area contributed by atoms with Gasteiger partial charge in [0.2, 0.25) is 0 Å². The van der Waals surface area contributed by atoms with E-state index in [1.165, 1.54) is 12.1 Å². The second-order valence-electron chi connectivity index (χ2n) is 6.71. The molecule has 0 radical (unpaired) electrons. The third-order valence-corrected chi connectivity index (χ3v) is 4.98. The molecule has 0 fully saturated rings. The highest BCUT2D eigenvalue weighted by Crippen LogP contribution is 2.28. The number of nitrogens with zero attached hydrogens (tertiary/aromatic N) is 1. The lowest BCUT2D eigenvalue weighted by Crippen LogP contribution is -2.18. The van der Waals surface area contributed by atoms with E-state index in [0.717, 1.165) is 4.47 Å². The molecule has 4 rings (SSSR count). The fraction of sp³-hybridized carbons (Fsp3) is 0.0909. The highest BCUT2D eigenvalue weighted by atomic mass is 79.9. The van der Waals surface area contributed by atoms with Gasteiger partial charge in [0, 0.05) is 27.7 Å². The Bertz CT molecular complexity index is 1240. The van der Waals surface area contributed by atoms with E-state index in [0.29, 0.717) is 33.7 Å². The summed E-state index contributed by atoms with van der Waals surface area (Å²) < 4.78 is 42.9. The van der Waals surface area contributed by atoms with Gasteiger partial charge in [-0.1, -0.05) is 34.1 Å². The van der Waals surface area contributed by atoms with Crippen molar-refractivity contribution >= 4 is 38.6 Å². The Kier molecular flexibility index (Phi) is 5.69. The van der Waals surface area contributed by atoms with Gasteiger partial charge in [0.15, 0.2) is 0 Å². The number of amides is 1. The molecule has 2 N–H and O–H groups in total. The van der Waals surface area contributed by atoms with Gasteiger partial charge in [-0.25, -0.2) is 4.98 Å². The van der Waals surface area contributed by atoms with Crippen LogP contribution in [0.4, 0.5) is 18.9 Å². The highest BCUT2D eigenvalue weighted by molar-refractivity contribution is 9.10. The molecule has 0 saturated carbocycles. The van der Waals surface area contributed by atoms with Crippen LogP contribution in [0.3, 0.4) is 0 Å². The number of H-pyrrole nitrogens is 1. The molecule has 3 aromatic carbocycles. The standard InChI is InChI=1S/C22H15BrF3N3O2/c23-15-6-8-16(9-7-15)27-21(30)14-5-10-17-18(11-14)29-20(28-17)12-13-3-1-2-4-19(13)31-22(24,25)26/h1-11H,12H2,(H,27,30)(H,28,29). The summed E-state index contributed by atoms with van der Waals surface area (Å²) in [4.78, 5) is 20.0. The van der Waals surface area contributed by atoms with Gasteiger partial charge in [0.05, 0.1) is 11.0 Å². The molecule has 5 nitrogen and oxygen atoms in total. The van der Waals surface area contributed by atoms with Crippen molar-refractivity contribution < 1.29 is 22.7 Å². The van der Waals surface area contributed by atoms with E-state index in [1.807, 2.05) is 12.1 Å². The van der Waals surface area contributed by atoms with Gasteiger partial charge in [-0.05, 0) is 48.5 Å². The summed E-state index contributed by atoms with van der Waals surface area (Å²) in [5.74, 6) is -0.104. The number of aromatic nitrogens is 2. The molecular formula is C22H15BrF3N3O2. The van der Waals surface area contributed by atoms with E-state index in [4.69, 9.17) is 0 Å². The zero-order valence-electron chi connectivity index (χ0n) is 15.8. The number of alkyl halides is 3. The summed E-state index contributed by atoms with van der Waals surface area (Å²) in [6.07, 6.45) is -4.66. The number of para-hydroxylation sites is 1. The molecular weight excluding hydrogens is 475 g/mol. The van der Waals surface area contributed by atoms with Gasteiger partial charge in [-0.2, -0.15) is 0 Å². The first-order valence-electron chi connectivity index (χ1n) is 9.16. The number of fused-ring (bicyclic) bond motifs is 1. The van der Waals surface area contributed by atoms with Crippen LogP contribution in [-0.2, 0) is 6.42 Å². The minimum atomic E-state index is -4.78. The van der Waals surface area contributed by atoms with E-state index in [9.17, 15) is 18.0 Å². The quantitative estimate of drug-likeness (QED) is 0.357. The maximum absolute atomic E-state index is 12.6. The Labute approximate surface area is 183 Å². The fourth-order valence-corrected chi connectivity index (χ4v) is 3.34. The number of aromatic amines is 1. The van der Waals surface area contributed by atoms with E-state index in [1.54, 1.807) is 42.5 Å². The molecule has 1 aromatic heterocycles. The van der Waals surface area contributed by atoms with Crippen LogP contribution in [0, 0.1) is 0 Å². The van der Waals surface area contributed by atoms with Crippen molar-refractivity contribution in [2.75, 3.05) is 5.32 Å². The van der Waals surface area contributed by atoms with Crippen molar-refractivity contribution in [2.45, 2.75) is 12.8 Å². The molecule has 0 aliphatic rings. The molecule has 158 valence electrons. The zero-order valence-corrected chi connectivity index (χ0v) is 17.4. The Balaban J connectivity index is 1.54. The summed E-state index contributed by atoms with van der Waals surface area (Å²) in [5, 5.41) is 2.81. The van der Waals surface area contributed by atoms with Crippen LogP contribution in [-0.4, -0.2) is 22.2 Å². The van der Waals surface area contributed by atoms with Crippen molar-refractivity contribution in [1.82, 2.24) is 9.97 Å². The number of nitrogens with one attached hydrogen (secondary N) is 2. The van der Waals surface area contributed by atoms with E-state index in [-0.39, 0.29) is 18.1 Å². The van der Waals surface area contributed by atoms with Gasteiger partial charge in [-0.3, -0.25) is 4.79 Å². The summed E-state index contributed by atoms with van der Waals surface area (Å²) in [5.41, 5.74) is 2.62. The predicted octanol–water partition coefficient (Wildman–Crippen LogP) is 6.07. The van der Waals surface area contributed by atoms with E-state index in [2.05, 4.69) is 36.0 Å². The number of hydrogen-bond acceptors (Lipinski definition) is 3. The monoisotopic (exact) mass is 489 g/mol. The summed E-state index contributed by atoms with van der Waals surface area (Å²) >= 11 is 3.34. The second-order valence-corrected chi connectivity index (χ2v) is 7.62. The normalized spacial score (nSPS) is 11.5. The fourth-order valence-electron chi connectivity index (χ4n) is 3.08. The third kappa shape index (κ3) is 5.24. The molecule has 1 heterocycles. The molecule has 0 spiro atoms. The van der Waals surface area contributed by atoms with Crippen molar-refractivity contribution in [3.63, 3.8) is 0 Å². The molecule has 0 atom stereocenters. The molecule has 0 unspecified atom stereocenters. The third-order valence-electron chi connectivity index (χ3n) is 4.45. The van der Waals surface area contributed by atoms with Crippen LogP contribution in [0.2, 0.25) is 0 Å². The average molecular weight is 490 g/mol. The Morgan fingerprint density at radius 2 is 1.81 bits per heavy atom. The minimum absolute atomic E-state index is 0.112. The maximum Gasteiger partial charge on any atom is 0.573 e. The predicted molar refractivity (Wildman–Crippen MR) is 114 cm³/mol. The van der Waals surface area contributed by atoms with Crippen LogP contribution in [0.15, 0.2) is 71.2 Å². The van der Waals surface area contributed by atoms with Gasteiger partial charge >= 0.3 is 6.36 Å². The summed E-state index contributed by atoms with van der Waals surface area (Å²) in [6, 6.07) is 18.1. The lowest BCUT2D eigenvalue weighted by atomic mass is 10.1. The molecule has 9 heteroatoms. The zero-order chi connectivity index (χ0) is 22.0. The maximum atomic E-state index is 12.6. The largest absolute Gasteiger partial charge is 0.573 e. The smallest absolute Gasteiger partial charge is 0.405 e. The lowest BCUT2D eigenvalue weighted by molar-refractivity contribution is -0.274. The first kappa shape index (κ1) is 20.9. The van der Waals surface area contributed by atoms with Crippen LogP contribution in [0.1, 0.15) is 21.7 Å². The Morgan fingerprint density at radius 1 is 1.06 bits per heavy atom. The topological polar surface area (TPSA) is 67.0 Å². The van der Waals surface area contributed by atoms with Gasteiger partial charge < -0.3 is 15.0 Å². The number of hydrogen-bond donors (Lipinski definition) is 2. The number of ether oxygens (including phenoxy) is 1. The van der Waals surface area contributed by atoms with Gasteiger partial charge in [0.25, 0.3) is 5.91 Å². The van der Waals surface area contributed by atoms with E-state index < -0.39 is 6.36 Å². The van der Waals surface area contributed by atoms with Crippen molar-refractivity contribution in [1.29, 1.82) is 0 Å². The second kappa shape index (κ2) is 8.43. The van der Waals surface area contributed by atoms with Crippen molar-refractivity contribution in [2.24, 2.45) is 0 Å². The van der Waals surface area contributed by atoms with Crippen molar-refractivity contribution in [3.8, 4) is 5.75 Å². The number of rotatable bonds is 5.